The van der Waals surface area contributed by atoms with E-state index in [9.17, 15) is 0 Å². The zero-order chi connectivity index (χ0) is 4.28. The van der Waals surface area contributed by atoms with E-state index in [1.165, 1.54) is 0 Å². The van der Waals surface area contributed by atoms with Gasteiger partial charge in [0.15, 0.2) is 0 Å². The summed E-state index contributed by atoms with van der Waals surface area (Å²) in [6, 6.07) is 0. The van der Waals surface area contributed by atoms with Gasteiger partial charge in [-0.15, -0.1) is 0 Å². The molecular formula is C2H4O3. The molecule has 0 bridgehead atoms. The van der Waals surface area contributed by atoms with E-state index in [4.69, 9.17) is 10.2 Å². The molecule has 0 amide bonds. The Hall–Kier alpha value is -0.120. The van der Waals surface area contributed by atoms with Gasteiger partial charge in [0.25, 0.3) is 0 Å². The zero-order valence-electron chi connectivity index (χ0n) is 2.80. The Morgan fingerprint density at radius 2 is 1.80 bits per heavy atom. The summed E-state index contributed by atoms with van der Waals surface area (Å²) < 4.78 is 3.64. The van der Waals surface area contributed by atoms with E-state index >= 15 is 0 Å². The highest BCUT2D eigenvalue weighted by Gasteiger charge is 1.90. The SMILES string of the molecule is COC([O])[O]. The minimum absolute atomic E-state index is 1.07. The first kappa shape index (κ1) is 4.88. The summed E-state index contributed by atoms with van der Waals surface area (Å²) in [4.78, 5) is 0. The molecule has 0 aliphatic carbocycles. The van der Waals surface area contributed by atoms with Gasteiger partial charge in [0, 0.05) is 7.11 Å². The molecule has 0 aliphatic heterocycles. The number of ether oxygens (including phenoxy) is 1. The van der Waals surface area contributed by atoms with Gasteiger partial charge >= 0.3 is 6.48 Å². The van der Waals surface area contributed by atoms with E-state index in [1.807, 2.05) is 0 Å². The predicted octanol–water partition coefficient (Wildman–Crippen LogP) is -0.223. The second-order valence-corrected chi connectivity index (χ2v) is 0.524. The fraction of sp³-hybridized carbons (Fsp3) is 1.00. The van der Waals surface area contributed by atoms with Crippen LogP contribution in [0.2, 0.25) is 0 Å². The van der Waals surface area contributed by atoms with Crippen LogP contribution in [-0.2, 0) is 14.9 Å². The first-order chi connectivity index (χ1) is 2.27. The maximum Gasteiger partial charge on any atom is 0.329 e. The molecule has 0 unspecified atom stereocenters. The molecular weight excluding hydrogens is 72.0 g/mol. The Labute approximate surface area is 29.8 Å². The highest BCUT2D eigenvalue weighted by atomic mass is 16.7. The van der Waals surface area contributed by atoms with Crippen LogP contribution in [-0.4, -0.2) is 13.6 Å². The summed E-state index contributed by atoms with van der Waals surface area (Å²) in [5, 5.41) is 18.2. The molecule has 0 spiro atoms. The van der Waals surface area contributed by atoms with Crippen LogP contribution in [0.5, 0.6) is 0 Å². The summed E-state index contributed by atoms with van der Waals surface area (Å²) in [6.45, 7) is -2.12. The Morgan fingerprint density at radius 3 is 1.80 bits per heavy atom. The monoisotopic (exact) mass is 76.0 g/mol. The molecule has 0 aromatic heterocycles. The van der Waals surface area contributed by atoms with Gasteiger partial charge in [0.05, 0.1) is 0 Å². The third-order valence-electron chi connectivity index (χ3n) is 0.192. The van der Waals surface area contributed by atoms with Crippen molar-refractivity contribution in [3.05, 3.63) is 0 Å². The smallest absolute Gasteiger partial charge is 0.329 e. The highest BCUT2D eigenvalue weighted by Crippen LogP contribution is 1.70. The topological polar surface area (TPSA) is 49.0 Å². The third-order valence-corrected chi connectivity index (χ3v) is 0.192. The Morgan fingerprint density at radius 1 is 1.60 bits per heavy atom. The second-order valence-electron chi connectivity index (χ2n) is 0.524. The third kappa shape index (κ3) is 3.88. The summed E-state index contributed by atoms with van der Waals surface area (Å²) in [6.07, 6.45) is 0. The van der Waals surface area contributed by atoms with Gasteiger partial charge in [-0.3, -0.25) is 0 Å². The molecule has 0 rings (SSSR count). The first-order valence-corrected chi connectivity index (χ1v) is 1.12. The van der Waals surface area contributed by atoms with Crippen molar-refractivity contribution in [3.8, 4) is 0 Å². The van der Waals surface area contributed by atoms with Crippen LogP contribution in [0.4, 0.5) is 0 Å². The molecule has 5 heavy (non-hydrogen) atoms. The van der Waals surface area contributed by atoms with Crippen LogP contribution in [0, 0.1) is 0 Å². The molecule has 0 saturated carbocycles. The number of hydrogen-bond acceptors (Lipinski definition) is 1. The van der Waals surface area contributed by atoms with Gasteiger partial charge in [-0.25, -0.2) is 0 Å². The predicted molar refractivity (Wildman–Crippen MR) is 12.2 cm³/mol. The fourth-order valence-corrected chi connectivity index (χ4v) is 0. The van der Waals surface area contributed by atoms with Crippen molar-refractivity contribution >= 4 is 0 Å². The van der Waals surface area contributed by atoms with E-state index in [0.717, 1.165) is 7.11 Å². The Kier molecular flexibility index (Phi) is 2.09. The van der Waals surface area contributed by atoms with Crippen molar-refractivity contribution in [2.24, 2.45) is 0 Å². The minimum atomic E-state index is -2.12. The van der Waals surface area contributed by atoms with Crippen LogP contribution in [0.25, 0.3) is 0 Å². The van der Waals surface area contributed by atoms with Crippen LogP contribution >= 0.6 is 0 Å². The van der Waals surface area contributed by atoms with Crippen molar-refractivity contribution in [2.75, 3.05) is 7.11 Å². The summed E-state index contributed by atoms with van der Waals surface area (Å²) in [7, 11) is 1.07. The van der Waals surface area contributed by atoms with Crippen molar-refractivity contribution in [3.63, 3.8) is 0 Å². The molecule has 0 atom stereocenters. The van der Waals surface area contributed by atoms with Crippen molar-refractivity contribution < 1.29 is 14.9 Å². The van der Waals surface area contributed by atoms with Crippen molar-refractivity contribution in [2.45, 2.75) is 6.48 Å². The van der Waals surface area contributed by atoms with E-state index in [1.54, 1.807) is 0 Å². The zero-order valence-corrected chi connectivity index (χ0v) is 2.80. The first-order valence-electron chi connectivity index (χ1n) is 1.12. The molecule has 0 N–H and O–H groups in total. The number of methoxy groups -OCH3 is 1. The molecule has 0 heterocycles. The highest BCUT2D eigenvalue weighted by molar-refractivity contribution is 3.88. The molecule has 0 aromatic rings. The standard InChI is InChI=1S/C2H4O3/c1-5-2(3)4/h2H,1H3. The molecule has 30 valence electrons. The second kappa shape index (κ2) is 2.14. The van der Waals surface area contributed by atoms with Crippen LogP contribution in [0.15, 0.2) is 0 Å². The van der Waals surface area contributed by atoms with Crippen LogP contribution < -0.4 is 0 Å². The quantitative estimate of drug-likeness (QED) is 0.398. The Balaban J connectivity index is 2.54. The number of hydrogen-bond donors (Lipinski definition) is 0. The molecule has 0 aliphatic rings. The average Bonchev–Trinajstić information content (AvgIpc) is 1.38. The van der Waals surface area contributed by atoms with E-state index < -0.39 is 6.48 Å². The lowest BCUT2D eigenvalue weighted by atomic mass is 11.3. The van der Waals surface area contributed by atoms with Crippen molar-refractivity contribution in [1.82, 2.24) is 0 Å². The molecule has 0 fully saturated rings. The maximum atomic E-state index is 9.12. The van der Waals surface area contributed by atoms with Gasteiger partial charge in [0.1, 0.15) is 0 Å². The lowest BCUT2D eigenvalue weighted by Crippen LogP contribution is -2.00. The largest absolute Gasteiger partial charge is 0.330 e. The normalized spacial score (nSPS) is 9.60. The molecule has 0 aromatic carbocycles. The van der Waals surface area contributed by atoms with Crippen LogP contribution in [0.1, 0.15) is 0 Å². The summed E-state index contributed by atoms with van der Waals surface area (Å²) in [5.41, 5.74) is 0. The molecule has 2 radical (unpaired) electrons. The van der Waals surface area contributed by atoms with Gasteiger partial charge in [0.2, 0.25) is 0 Å². The molecule has 0 saturated heterocycles. The van der Waals surface area contributed by atoms with E-state index in [-0.39, 0.29) is 0 Å². The van der Waals surface area contributed by atoms with Gasteiger partial charge < -0.3 is 4.74 Å². The lowest BCUT2D eigenvalue weighted by Gasteiger charge is -1.85. The number of rotatable bonds is 1. The van der Waals surface area contributed by atoms with Crippen molar-refractivity contribution in [1.29, 1.82) is 0 Å². The lowest BCUT2D eigenvalue weighted by molar-refractivity contribution is -0.285. The fourth-order valence-electron chi connectivity index (χ4n) is 0. The summed E-state index contributed by atoms with van der Waals surface area (Å²) >= 11 is 0. The van der Waals surface area contributed by atoms with Gasteiger partial charge in [-0.1, -0.05) is 0 Å². The minimum Gasteiger partial charge on any atom is -0.330 e. The van der Waals surface area contributed by atoms with E-state index in [2.05, 4.69) is 4.74 Å². The molecule has 3 heteroatoms. The average molecular weight is 76.1 g/mol. The Bertz CT molecular complexity index is 18.9. The van der Waals surface area contributed by atoms with Gasteiger partial charge in [-0.05, 0) is 0 Å². The maximum absolute atomic E-state index is 9.12. The molecule has 3 nitrogen and oxygen atoms in total. The van der Waals surface area contributed by atoms with Gasteiger partial charge in [-0.2, -0.15) is 10.2 Å². The van der Waals surface area contributed by atoms with E-state index in [0.29, 0.717) is 0 Å². The van der Waals surface area contributed by atoms with Crippen LogP contribution in [0.3, 0.4) is 0 Å². The summed E-state index contributed by atoms with van der Waals surface area (Å²) in [5.74, 6) is 0.